The van der Waals surface area contributed by atoms with Crippen LogP contribution in [0.3, 0.4) is 0 Å². The molecule has 0 bridgehead atoms. The lowest BCUT2D eigenvalue weighted by Gasteiger charge is -2.37. The minimum absolute atomic E-state index is 0.00207. The zero-order valence-corrected chi connectivity index (χ0v) is 20.6. The van der Waals surface area contributed by atoms with E-state index in [0.717, 1.165) is 12.1 Å². The number of aromatic nitrogens is 1. The molecule has 1 atom stereocenters. The molecule has 0 aliphatic carbocycles. The average Bonchev–Trinajstić information content (AvgIpc) is 3.53. The highest BCUT2D eigenvalue weighted by Gasteiger charge is 2.36. The normalized spacial score (nSPS) is 19.2. The second-order valence-corrected chi connectivity index (χ2v) is 10.1. The molecule has 1 aromatic heterocycles. The van der Waals surface area contributed by atoms with Crippen molar-refractivity contribution >= 4 is 40.4 Å². The van der Waals surface area contributed by atoms with Gasteiger partial charge in [-0.1, -0.05) is 29.8 Å². The van der Waals surface area contributed by atoms with Crippen molar-refractivity contribution in [3.05, 3.63) is 69.6 Å². The fourth-order valence-electron chi connectivity index (χ4n) is 4.70. The number of carbonyl (C=O) groups excluding carboxylic acids is 2. The summed E-state index contributed by atoms with van der Waals surface area (Å²) in [4.78, 5) is 35.3. The standard InChI is InChI=1S/C25H22ClF3N4O2S/c26-21-13-17(25(27,28)29)4-5-20(21)16-2-1-3-18(12-16)33-15-19(14-22(33)34)31-7-9-32(10-8-31)24(35)23-30-6-11-36-23/h1-6,11-13,19H,7-10,14-15H2. The molecule has 0 saturated carbocycles. The number of halogens is 4. The third kappa shape index (κ3) is 4.98. The molecule has 2 aromatic carbocycles. The summed E-state index contributed by atoms with van der Waals surface area (Å²) >= 11 is 7.51. The summed E-state index contributed by atoms with van der Waals surface area (Å²) < 4.78 is 39.0. The van der Waals surface area contributed by atoms with Crippen LogP contribution in [0, 0.1) is 0 Å². The van der Waals surface area contributed by atoms with Crippen molar-refractivity contribution < 1.29 is 22.8 Å². The fourth-order valence-corrected chi connectivity index (χ4v) is 5.60. The van der Waals surface area contributed by atoms with E-state index in [1.807, 2.05) is 6.07 Å². The lowest BCUT2D eigenvalue weighted by atomic mass is 10.0. The van der Waals surface area contributed by atoms with Crippen LogP contribution in [0.4, 0.5) is 18.9 Å². The first kappa shape index (κ1) is 24.7. The van der Waals surface area contributed by atoms with Crippen molar-refractivity contribution in [1.29, 1.82) is 0 Å². The minimum atomic E-state index is -4.47. The van der Waals surface area contributed by atoms with E-state index in [1.54, 1.807) is 39.6 Å². The quantitative estimate of drug-likeness (QED) is 0.470. The van der Waals surface area contributed by atoms with Crippen LogP contribution in [0.1, 0.15) is 21.8 Å². The van der Waals surface area contributed by atoms with Crippen LogP contribution >= 0.6 is 22.9 Å². The first-order chi connectivity index (χ1) is 17.2. The molecule has 6 nitrogen and oxygen atoms in total. The van der Waals surface area contributed by atoms with Gasteiger partial charge < -0.3 is 9.80 Å². The highest BCUT2D eigenvalue weighted by molar-refractivity contribution is 7.11. The SMILES string of the molecule is O=C(c1nccs1)N1CCN(C2CC(=O)N(c3cccc(-c4ccc(C(F)(F)F)cc4Cl)c3)C2)CC1. The van der Waals surface area contributed by atoms with Gasteiger partial charge in [0, 0.05) is 73.0 Å². The molecule has 2 aliphatic rings. The summed E-state index contributed by atoms with van der Waals surface area (Å²) in [6.07, 6.45) is -2.49. The smallest absolute Gasteiger partial charge is 0.334 e. The molecule has 2 saturated heterocycles. The maximum Gasteiger partial charge on any atom is 0.416 e. The van der Waals surface area contributed by atoms with E-state index in [0.29, 0.717) is 61.0 Å². The number of nitrogens with zero attached hydrogens (tertiary/aromatic N) is 4. The predicted octanol–water partition coefficient (Wildman–Crippen LogP) is 5.05. The Morgan fingerprint density at radius 2 is 1.86 bits per heavy atom. The number of anilines is 1. The van der Waals surface area contributed by atoms with Gasteiger partial charge in [-0.3, -0.25) is 14.5 Å². The Balaban J connectivity index is 1.26. The van der Waals surface area contributed by atoms with E-state index in [2.05, 4.69) is 9.88 Å². The van der Waals surface area contributed by atoms with Crippen molar-refractivity contribution in [2.24, 2.45) is 0 Å². The average molecular weight is 535 g/mol. The summed E-state index contributed by atoms with van der Waals surface area (Å²) in [5.74, 6) is -0.0792. The van der Waals surface area contributed by atoms with Gasteiger partial charge in [-0.25, -0.2) is 4.98 Å². The third-order valence-corrected chi connectivity index (χ3v) is 7.68. The van der Waals surface area contributed by atoms with Gasteiger partial charge in [0.2, 0.25) is 5.91 Å². The van der Waals surface area contributed by atoms with Crippen molar-refractivity contribution in [2.45, 2.75) is 18.6 Å². The number of thiazole rings is 1. The Bertz CT molecular complexity index is 1280. The van der Waals surface area contributed by atoms with Gasteiger partial charge in [0.1, 0.15) is 0 Å². The van der Waals surface area contributed by atoms with E-state index >= 15 is 0 Å². The summed E-state index contributed by atoms with van der Waals surface area (Å²) in [7, 11) is 0. The number of rotatable bonds is 4. The molecule has 3 heterocycles. The van der Waals surface area contributed by atoms with Crippen LogP contribution in [0.25, 0.3) is 11.1 Å². The van der Waals surface area contributed by atoms with E-state index in [-0.39, 0.29) is 22.9 Å². The topological polar surface area (TPSA) is 56.8 Å². The highest BCUT2D eigenvalue weighted by atomic mass is 35.5. The Morgan fingerprint density at radius 1 is 1.08 bits per heavy atom. The number of amides is 2. The van der Waals surface area contributed by atoms with Crippen LogP contribution in [0.2, 0.25) is 5.02 Å². The number of piperazine rings is 1. The van der Waals surface area contributed by atoms with Crippen LogP contribution < -0.4 is 4.90 Å². The van der Waals surface area contributed by atoms with Gasteiger partial charge in [0.25, 0.3) is 5.91 Å². The molecule has 2 amide bonds. The fraction of sp³-hybridized carbons (Fsp3) is 0.320. The zero-order chi connectivity index (χ0) is 25.4. The molecule has 0 N–H and O–H groups in total. The van der Waals surface area contributed by atoms with Crippen LogP contribution in [-0.4, -0.2) is 65.4 Å². The first-order valence-electron chi connectivity index (χ1n) is 11.4. The first-order valence-corrected chi connectivity index (χ1v) is 12.7. The number of carbonyl (C=O) groups is 2. The molecule has 3 aromatic rings. The lowest BCUT2D eigenvalue weighted by Crippen LogP contribution is -2.52. The molecule has 188 valence electrons. The Labute approximate surface area is 214 Å². The maximum absolute atomic E-state index is 13.0. The molecule has 2 aliphatic heterocycles. The number of benzene rings is 2. The van der Waals surface area contributed by atoms with Crippen molar-refractivity contribution in [2.75, 3.05) is 37.6 Å². The zero-order valence-electron chi connectivity index (χ0n) is 19.0. The van der Waals surface area contributed by atoms with Crippen molar-refractivity contribution in [1.82, 2.24) is 14.8 Å². The summed E-state index contributed by atoms with van der Waals surface area (Å²) in [5.41, 5.74) is 0.972. The van der Waals surface area contributed by atoms with E-state index in [1.165, 1.54) is 17.4 Å². The Hall–Kier alpha value is -2.95. The summed E-state index contributed by atoms with van der Waals surface area (Å²) in [6.45, 7) is 2.99. The lowest BCUT2D eigenvalue weighted by molar-refractivity contribution is -0.137. The number of alkyl halides is 3. The molecule has 0 spiro atoms. The maximum atomic E-state index is 13.0. The molecular formula is C25H22ClF3N4O2S. The Kier molecular flexibility index (Phi) is 6.76. The monoisotopic (exact) mass is 534 g/mol. The van der Waals surface area contributed by atoms with Gasteiger partial charge in [-0.2, -0.15) is 13.2 Å². The summed E-state index contributed by atoms with van der Waals surface area (Å²) in [6, 6.07) is 10.4. The van der Waals surface area contributed by atoms with E-state index in [4.69, 9.17) is 11.6 Å². The molecule has 2 fully saturated rings. The van der Waals surface area contributed by atoms with Gasteiger partial charge in [0.15, 0.2) is 5.01 Å². The van der Waals surface area contributed by atoms with E-state index in [9.17, 15) is 22.8 Å². The third-order valence-electron chi connectivity index (χ3n) is 6.60. The highest BCUT2D eigenvalue weighted by Crippen LogP contribution is 2.37. The van der Waals surface area contributed by atoms with Gasteiger partial charge in [0.05, 0.1) is 5.56 Å². The molecule has 36 heavy (non-hydrogen) atoms. The molecule has 5 rings (SSSR count). The van der Waals surface area contributed by atoms with Crippen molar-refractivity contribution in [3.63, 3.8) is 0 Å². The number of hydrogen-bond donors (Lipinski definition) is 0. The second kappa shape index (κ2) is 9.84. The van der Waals surface area contributed by atoms with Crippen LogP contribution in [0.5, 0.6) is 0 Å². The van der Waals surface area contributed by atoms with Gasteiger partial charge >= 0.3 is 6.18 Å². The molecular weight excluding hydrogens is 513 g/mol. The molecule has 11 heteroatoms. The minimum Gasteiger partial charge on any atom is -0.334 e. The van der Waals surface area contributed by atoms with Crippen LogP contribution in [-0.2, 0) is 11.0 Å². The molecule has 1 unspecified atom stereocenters. The van der Waals surface area contributed by atoms with Crippen molar-refractivity contribution in [3.8, 4) is 11.1 Å². The largest absolute Gasteiger partial charge is 0.416 e. The molecule has 0 radical (unpaired) electrons. The Morgan fingerprint density at radius 3 is 2.53 bits per heavy atom. The predicted molar refractivity (Wildman–Crippen MR) is 132 cm³/mol. The van der Waals surface area contributed by atoms with Gasteiger partial charge in [-0.05, 0) is 29.8 Å². The van der Waals surface area contributed by atoms with Crippen LogP contribution in [0.15, 0.2) is 54.0 Å². The van der Waals surface area contributed by atoms with E-state index < -0.39 is 11.7 Å². The summed E-state index contributed by atoms with van der Waals surface area (Å²) in [5, 5.41) is 2.26. The second-order valence-electron chi connectivity index (χ2n) is 8.77. The number of hydrogen-bond acceptors (Lipinski definition) is 5. The van der Waals surface area contributed by atoms with Gasteiger partial charge in [-0.15, -0.1) is 11.3 Å².